The van der Waals surface area contributed by atoms with E-state index in [2.05, 4.69) is 10.1 Å². The van der Waals surface area contributed by atoms with Gasteiger partial charge < -0.3 is 15.0 Å². The fraction of sp³-hybridized carbons (Fsp3) is 0.250. The molecule has 0 aliphatic carbocycles. The van der Waals surface area contributed by atoms with Crippen molar-refractivity contribution >= 4 is 29.2 Å². The summed E-state index contributed by atoms with van der Waals surface area (Å²) in [7, 11) is 1.29. The van der Waals surface area contributed by atoms with Crippen molar-refractivity contribution in [2.24, 2.45) is 0 Å². The summed E-state index contributed by atoms with van der Waals surface area (Å²) in [5.41, 5.74) is 2.79. The van der Waals surface area contributed by atoms with E-state index >= 15 is 0 Å². The van der Waals surface area contributed by atoms with Crippen molar-refractivity contribution in [2.45, 2.75) is 19.3 Å². The van der Waals surface area contributed by atoms with Gasteiger partial charge in [0.25, 0.3) is 0 Å². The van der Waals surface area contributed by atoms with Crippen LogP contribution in [0.5, 0.6) is 0 Å². The molecule has 0 radical (unpaired) electrons. The zero-order valence-electron chi connectivity index (χ0n) is 14.5. The molecule has 1 aliphatic rings. The molecule has 2 aromatic carbocycles. The lowest BCUT2D eigenvalue weighted by Gasteiger charge is -2.29. The molecule has 1 heterocycles. The Bertz CT molecular complexity index is 847. The zero-order valence-corrected chi connectivity index (χ0v) is 14.5. The molecule has 26 heavy (non-hydrogen) atoms. The number of anilines is 2. The summed E-state index contributed by atoms with van der Waals surface area (Å²) in [5.74, 6) is -1.14. The van der Waals surface area contributed by atoms with E-state index in [9.17, 15) is 14.4 Å². The maximum atomic E-state index is 12.6. The van der Waals surface area contributed by atoms with Gasteiger partial charge in [0, 0.05) is 17.9 Å². The van der Waals surface area contributed by atoms with Crippen molar-refractivity contribution in [3.63, 3.8) is 0 Å². The van der Waals surface area contributed by atoms with Gasteiger partial charge in [0.2, 0.25) is 11.8 Å². The summed E-state index contributed by atoms with van der Waals surface area (Å²) in [6.45, 7) is 0.612. The van der Waals surface area contributed by atoms with Gasteiger partial charge in [-0.1, -0.05) is 24.3 Å². The molecule has 0 fully saturated rings. The number of benzene rings is 2. The SMILES string of the molecule is COC(=O)c1cccc(NC(=O)CC(=O)N2CCCc3ccccc32)c1. The summed E-state index contributed by atoms with van der Waals surface area (Å²) in [5, 5.41) is 2.66. The Labute approximate surface area is 151 Å². The van der Waals surface area contributed by atoms with Gasteiger partial charge in [-0.25, -0.2) is 4.79 Å². The first-order valence-electron chi connectivity index (χ1n) is 8.45. The second kappa shape index (κ2) is 7.82. The molecule has 6 nitrogen and oxygen atoms in total. The molecule has 0 saturated heterocycles. The summed E-state index contributed by atoms with van der Waals surface area (Å²) >= 11 is 0. The monoisotopic (exact) mass is 352 g/mol. The molecule has 0 bridgehead atoms. The van der Waals surface area contributed by atoms with Gasteiger partial charge >= 0.3 is 5.97 Å². The second-order valence-corrected chi connectivity index (χ2v) is 6.07. The average Bonchev–Trinajstić information content (AvgIpc) is 2.66. The highest BCUT2D eigenvalue weighted by Crippen LogP contribution is 2.27. The molecule has 0 unspecified atom stereocenters. The number of nitrogens with zero attached hydrogens (tertiary/aromatic N) is 1. The van der Waals surface area contributed by atoms with E-state index in [-0.39, 0.29) is 12.3 Å². The molecule has 3 rings (SSSR count). The Morgan fingerprint density at radius 3 is 2.73 bits per heavy atom. The standard InChI is InChI=1S/C20H20N2O4/c1-26-20(25)15-7-4-9-16(12-15)21-18(23)13-19(24)22-11-5-8-14-6-2-3-10-17(14)22/h2-4,6-7,9-10,12H,5,8,11,13H2,1H3,(H,21,23). The number of nitrogens with one attached hydrogen (secondary N) is 1. The van der Waals surface area contributed by atoms with Crippen LogP contribution in [0.3, 0.4) is 0 Å². The summed E-state index contributed by atoms with van der Waals surface area (Å²) in [4.78, 5) is 38.1. The van der Waals surface area contributed by atoms with Crippen molar-refractivity contribution in [1.82, 2.24) is 0 Å². The number of hydrogen-bond donors (Lipinski definition) is 1. The Balaban J connectivity index is 1.66. The van der Waals surface area contributed by atoms with Gasteiger partial charge in [-0.3, -0.25) is 9.59 Å². The number of rotatable bonds is 4. The minimum Gasteiger partial charge on any atom is -0.465 e. The maximum absolute atomic E-state index is 12.6. The Hall–Kier alpha value is -3.15. The van der Waals surface area contributed by atoms with E-state index < -0.39 is 11.9 Å². The fourth-order valence-electron chi connectivity index (χ4n) is 3.07. The van der Waals surface area contributed by atoms with E-state index in [0.717, 1.165) is 24.1 Å². The molecule has 134 valence electrons. The van der Waals surface area contributed by atoms with E-state index in [1.165, 1.54) is 13.2 Å². The highest BCUT2D eigenvalue weighted by Gasteiger charge is 2.23. The van der Waals surface area contributed by atoms with Crippen LogP contribution >= 0.6 is 0 Å². The van der Waals surface area contributed by atoms with Crippen molar-refractivity contribution in [3.8, 4) is 0 Å². The second-order valence-electron chi connectivity index (χ2n) is 6.07. The molecule has 1 aliphatic heterocycles. The molecule has 0 spiro atoms. The topological polar surface area (TPSA) is 75.7 Å². The van der Waals surface area contributed by atoms with Gasteiger partial charge in [0.05, 0.1) is 12.7 Å². The quantitative estimate of drug-likeness (QED) is 0.678. The van der Waals surface area contributed by atoms with Gasteiger partial charge in [0.15, 0.2) is 0 Å². The number of fused-ring (bicyclic) bond motifs is 1. The first kappa shape index (κ1) is 17.7. The van der Waals surface area contributed by atoms with Crippen LogP contribution in [0.15, 0.2) is 48.5 Å². The van der Waals surface area contributed by atoms with Gasteiger partial charge in [0.1, 0.15) is 6.42 Å². The van der Waals surface area contributed by atoms with Gasteiger partial charge in [-0.05, 0) is 42.7 Å². The van der Waals surface area contributed by atoms with Crippen molar-refractivity contribution < 1.29 is 19.1 Å². The lowest BCUT2D eigenvalue weighted by molar-refractivity contribution is -0.125. The third kappa shape index (κ3) is 3.91. The van der Waals surface area contributed by atoms with Crippen LogP contribution in [0.4, 0.5) is 11.4 Å². The molecule has 6 heteroatoms. The minimum absolute atomic E-state index is 0.237. The number of ether oxygens (including phenoxy) is 1. The molecule has 2 amide bonds. The molecular formula is C20H20N2O4. The first-order chi connectivity index (χ1) is 12.6. The predicted molar refractivity (Wildman–Crippen MR) is 98.1 cm³/mol. The molecule has 0 atom stereocenters. The van der Waals surface area contributed by atoms with Crippen molar-refractivity contribution in [2.75, 3.05) is 23.9 Å². The van der Waals surface area contributed by atoms with E-state index in [0.29, 0.717) is 17.8 Å². The van der Waals surface area contributed by atoms with Crippen LogP contribution in [0.1, 0.15) is 28.8 Å². The largest absolute Gasteiger partial charge is 0.465 e. The van der Waals surface area contributed by atoms with E-state index in [4.69, 9.17) is 0 Å². The van der Waals surface area contributed by atoms with Crippen LogP contribution in [-0.2, 0) is 20.7 Å². The number of carbonyl (C=O) groups is 3. The summed E-state index contributed by atoms with van der Waals surface area (Å²) in [6, 6.07) is 14.2. The third-order valence-corrected chi connectivity index (χ3v) is 4.29. The predicted octanol–water partition coefficient (Wildman–Crippen LogP) is 2.78. The summed E-state index contributed by atoms with van der Waals surface area (Å²) < 4.78 is 4.66. The zero-order chi connectivity index (χ0) is 18.5. The number of para-hydroxylation sites is 1. The van der Waals surface area contributed by atoms with E-state index in [1.807, 2.05) is 24.3 Å². The Morgan fingerprint density at radius 2 is 1.92 bits per heavy atom. The highest BCUT2D eigenvalue weighted by atomic mass is 16.5. The van der Waals surface area contributed by atoms with Crippen molar-refractivity contribution in [3.05, 3.63) is 59.7 Å². The fourth-order valence-corrected chi connectivity index (χ4v) is 3.07. The number of methoxy groups -OCH3 is 1. The van der Waals surface area contributed by atoms with Crippen LogP contribution in [0, 0.1) is 0 Å². The average molecular weight is 352 g/mol. The normalized spacial score (nSPS) is 12.9. The minimum atomic E-state index is -0.484. The number of amides is 2. The van der Waals surface area contributed by atoms with Crippen LogP contribution < -0.4 is 10.2 Å². The molecule has 0 aromatic heterocycles. The smallest absolute Gasteiger partial charge is 0.337 e. The van der Waals surface area contributed by atoms with Gasteiger partial charge in [-0.15, -0.1) is 0 Å². The lowest BCUT2D eigenvalue weighted by atomic mass is 10.0. The Kier molecular flexibility index (Phi) is 5.31. The number of aryl methyl sites for hydroxylation is 1. The summed E-state index contributed by atoms with van der Waals surface area (Å²) in [6.07, 6.45) is 1.56. The number of carbonyl (C=O) groups excluding carboxylic acids is 3. The van der Waals surface area contributed by atoms with Crippen LogP contribution in [-0.4, -0.2) is 31.4 Å². The molecular weight excluding hydrogens is 332 g/mol. The maximum Gasteiger partial charge on any atom is 0.337 e. The first-order valence-corrected chi connectivity index (χ1v) is 8.45. The van der Waals surface area contributed by atoms with E-state index in [1.54, 1.807) is 23.1 Å². The third-order valence-electron chi connectivity index (χ3n) is 4.29. The number of esters is 1. The number of hydrogen-bond acceptors (Lipinski definition) is 4. The Morgan fingerprint density at radius 1 is 1.12 bits per heavy atom. The van der Waals surface area contributed by atoms with Crippen molar-refractivity contribution in [1.29, 1.82) is 0 Å². The molecule has 2 aromatic rings. The van der Waals surface area contributed by atoms with Crippen LogP contribution in [0.25, 0.3) is 0 Å². The lowest BCUT2D eigenvalue weighted by Crippen LogP contribution is -2.37. The molecule has 1 N–H and O–H groups in total. The van der Waals surface area contributed by atoms with Crippen LogP contribution in [0.2, 0.25) is 0 Å². The highest BCUT2D eigenvalue weighted by molar-refractivity contribution is 6.09. The van der Waals surface area contributed by atoms with Gasteiger partial charge in [-0.2, -0.15) is 0 Å². The molecule has 0 saturated carbocycles.